The molecule has 4 aromatic rings. The minimum atomic E-state index is -2.99. The van der Waals surface area contributed by atoms with Gasteiger partial charge < -0.3 is 0 Å². The summed E-state index contributed by atoms with van der Waals surface area (Å²) < 4.78 is 14.8. The van der Waals surface area contributed by atoms with Gasteiger partial charge in [0.05, 0.1) is 0 Å². The van der Waals surface area contributed by atoms with Crippen LogP contribution in [-0.4, -0.2) is 50.5 Å². The van der Waals surface area contributed by atoms with Crippen molar-refractivity contribution in [1.29, 1.82) is 0 Å². The molecule has 0 amide bonds. The van der Waals surface area contributed by atoms with Crippen molar-refractivity contribution in [2.24, 2.45) is 0 Å². The monoisotopic (exact) mass is 451 g/mol. The predicted molar refractivity (Wildman–Crippen MR) is 126 cm³/mol. The first-order valence-corrected chi connectivity index (χ1v) is 12.9. The Bertz CT molecular complexity index is 1320. The van der Waals surface area contributed by atoms with Crippen molar-refractivity contribution in [2.75, 3.05) is 30.3 Å². The van der Waals surface area contributed by atoms with Crippen molar-refractivity contribution in [1.82, 2.24) is 20.2 Å². The van der Waals surface area contributed by atoms with Crippen LogP contribution < -0.4 is 15.8 Å². The van der Waals surface area contributed by atoms with Crippen LogP contribution in [0.2, 0.25) is 0 Å². The molecule has 1 aliphatic rings. The van der Waals surface area contributed by atoms with Crippen LogP contribution in [0.3, 0.4) is 0 Å². The number of aromatic nitrogens is 4. The van der Waals surface area contributed by atoms with Crippen LogP contribution in [-0.2, 0) is 6.42 Å². The number of H-pyrrole nitrogens is 1. The minimum absolute atomic E-state index is 0.236. The number of nitrogens with one attached hydrogen (secondary N) is 1. The second-order valence-electron chi connectivity index (χ2n) is 8.10. The Hall–Kier alpha value is -3.22. The molecular weight excluding hydrogens is 428 g/mol. The van der Waals surface area contributed by atoms with Crippen LogP contribution in [0.5, 0.6) is 0 Å². The average molecular weight is 451 g/mol. The van der Waals surface area contributed by atoms with Gasteiger partial charge in [0, 0.05) is 0 Å². The molecule has 5 rings (SSSR count). The van der Waals surface area contributed by atoms with Crippen molar-refractivity contribution in [2.45, 2.75) is 6.42 Å². The van der Waals surface area contributed by atoms with Crippen LogP contribution in [0.1, 0.15) is 11.3 Å². The van der Waals surface area contributed by atoms with Gasteiger partial charge in [-0.1, -0.05) is 0 Å². The molecule has 9 heteroatoms. The van der Waals surface area contributed by atoms with Gasteiger partial charge >= 0.3 is 184 Å². The van der Waals surface area contributed by atoms with Crippen LogP contribution in [0, 0.1) is 5.82 Å². The number of hydrogen-bond donors (Lipinski definition) is 2. The van der Waals surface area contributed by atoms with E-state index in [1.54, 1.807) is 36.7 Å². The molecule has 0 aliphatic carbocycles. The Labute approximate surface area is 184 Å². The summed E-state index contributed by atoms with van der Waals surface area (Å²) in [6.45, 7) is 1.17. The Kier molecular flexibility index (Phi) is 5.41. The number of nitrogens with zero attached hydrogens (tertiary/aromatic N) is 4. The van der Waals surface area contributed by atoms with E-state index in [0.29, 0.717) is 54.2 Å². The molecule has 0 saturated carbocycles. The van der Waals surface area contributed by atoms with Crippen LogP contribution in [0.25, 0.3) is 10.8 Å². The Morgan fingerprint density at radius 1 is 1.03 bits per heavy atom. The molecule has 2 aromatic carbocycles. The van der Waals surface area contributed by atoms with E-state index in [4.69, 9.17) is 0 Å². The molecule has 0 spiro atoms. The van der Waals surface area contributed by atoms with E-state index in [9.17, 15) is 14.1 Å². The third-order valence-corrected chi connectivity index (χ3v) is 9.59. The standard InChI is InChI=1S/C23H23FN5O2P/c24-19-7-6-16(14-20-17-4-1-2-5-18(17)22(30)28-27-20)15-21(19)32(31)12-10-29(11-13-32)23-25-8-3-9-26-23/h1-9,15,31-32H,10-14H2,(H,28,30). The molecule has 0 atom stereocenters. The van der Waals surface area contributed by atoms with Crippen LogP contribution in [0.15, 0.2) is 65.7 Å². The summed E-state index contributed by atoms with van der Waals surface area (Å²) in [7, 11) is -2.99. The van der Waals surface area contributed by atoms with Gasteiger partial charge in [0.25, 0.3) is 0 Å². The number of aromatic amines is 1. The molecular formula is C23H23FN5O2P. The molecule has 0 unspecified atom stereocenters. The SMILES string of the molecule is O=c1[nH]nc(Cc2ccc(F)c([PH]3(O)CCN(c4ncccn4)CC3)c2)c2ccccc12. The summed E-state index contributed by atoms with van der Waals surface area (Å²) in [6.07, 6.45) is 4.83. The van der Waals surface area contributed by atoms with Gasteiger partial charge in [0.15, 0.2) is 0 Å². The Balaban J connectivity index is 1.41. The molecule has 0 bridgehead atoms. The maximum absolute atomic E-state index is 14.8. The van der Waals surface area contributed by atoms with Gasteiger partial charge in [-0.2, -0.15) is 0 Å². The average Bonchev–Trinajstić information content (AvgIpc) is 2.83. The van der Waals surface area contributed by atoms with Gasteiger partial charge in [-0.25, -0.2) is 0 Å². The van der Waals surface area contributed by atoms with E-state index in [1.165, 1.54) is 6.07 Å². The zero-order valence-corrected chi connectivity index (χ0v) is 18.3. The van der Waals surface area contributed by atoms with E-state index in [0.717, 1.165) is 10.9 Å². The van der Waals surface area contributed by atoms with Crippen LogP contribution in [0.4, 0.5) is 10.3 Å². The maximum atomic E-state index is 14.8. The topological polar surface area (TPSA) is 95.0 Å². The normalized spacial score (nSPS) is 16.8. The van der Waals surface area contributed by atoms with E-state index in [1.807, 2.05) is 23.1 Å². The van der Waals surface area contributed by atoms with Crippen LogP contribution >= 0.6 is 7.49 Å². The number of rotatable bonds is 4. The van der Waals surface area contributed by atoms with Crippen molar-refractivity contribution < 1.29 is 9.28 Å². The molecule has 0 radical (unpaired) electrons. The summed E-state index contributed by atoms with van der Waals surface area (Å²) in [5.41, 5.74) is 1.32. The van der Waals surface area contributed by atoms with Crippen molar-refractivity contribution >= 4 is 29.5 Å². The van der Waals surface area contributed by atoms with Gasteiger partial charge in [-0.3, -0.25) is 0 Å². The molecule has 1 aliphatic heterocycles. The molecule has 2 aromatic heterocycles. The first kappa shape index (κ1) is 20.7. The van der Waals surface area contributed by atoms with E-state index in [2.05, 4.69) is 20.2 Å². The zero-order chi connectivity index (χ0) is 22.1. The zero-order valence-electron chi connectivity index (χ0n) is 17.3. The van der Waals surface area contributed by atoms with Gasteiger partial charge in [-0.15, -0.1) is 0 Å². The first-order valence-electron chi connectivity index (χ1n) is 10.5. The van der Waals surface area contributed by atoms with Crippen molar-refractivity contribution in [3.63, 3.8) is 0 Å². The van der Waals surface area contributed by atoms with E-state index in [-0.39, 0.29) is 11.4 Å². The second kappa shape index (κ2) is 8.37. The molecule has 164 valence electrons. The Morgan fingerprint density at radius 3 is 2.50 bits per heavy atom. The summed E-state index contributed by atoms with van der Waals surface area (Å²) in [4.78, 5) is 34.1. The molecule has 1 saturated heterocycles. The summed E-state index contributed by atoms with van der Waals surface area (Å²) in [5.74, 6) is 0.264. The number of benzene rings is 2. The summed E-state index contributed by atoms with van der Waals surface area (Å²) >= 11 is 0. The summed E-state index contributed by atoms with van der Waals surface area (Å²) in [6, 6.07) is 14.0. The van der Waals surface area contributed by atoms with Crippen molar-refractivity contribution in [3.05, 3.63) is 88.4 Å². The fraction of sp³-hybridized carbons (Fsp3) is 0.217. The molecule has 7 nitrogen and oxygen atoms in total. The van der Waals surface area contributed by atoms with Crippen molar-refractivity contribution in [3.8, 4) is 0 Å². The van der Waals surface area contributed by atoms with Gasteiger partial charge in [0.1, 0.15) is 0 Å². The molecule has 32 heavy (non-hydrogen) atoms. The van der Waals surface area contributed by atoms with E-state index < -0.39 is 7.49 Å². The third kappa shape index (κ3) is 3.87. The number of anilines is 1. The predicted octanol–water partition coefficient (Wildman–Crippen LogP) is 2.25. The third-order valence-electron chi connectivity index (χ3n) is 6.10. The number of halogens is 1. The summed E-state index contributed by atoms with van der Waals surface area (Å²) in [5, 5.41) is 8.54. The van der Waals surface area contributed by atoms with Gasteiger partial charge in [-0.05, 0) is 0 Å². The number of fused-ring (bicyclic) bond motifs is 1. The first-order chi connectivity index (χ1) is 15.5. The van der Waals surface area contributed by atoms with E-state index >= 15 is 0 Å². The molecule has 3 heterocycles. The quantitative estimate of drug-likeness (QED) is 0.462. The molecule has 2 N–H and O–H groups in total. The fourth-order valence-corrected chi connectivity index (χ4v) is 7.39. The second-order valence-corrected chi connectivity index (χ2v) is 11.7. The fourth-order valence-electron chi connectivity index (χ4n) is 4.34. The Morgan fingerprint density at radius 2 is 1.75 bits per heavy atom. The molecule has 1 fully saturated rings. The number of hydrogen-bond acceptors (Lipinski definition) is 6. The van der Waals surface area contributed by atoms with Gasteiger partial charge in [0.2, 0.25) is 0 Å².